The summed E-state index contributed by atoms with van der Waals surface area (Å²) in [6.07, 6.45) is 3.12. The molecule has 0 amide bonds. The second kappa shape index (κ2) is 5.34. The largest absolute Gasteiger partial charge is 0.481 e. The van der Waals surface area contributed by atoms with E-state index in [0.717, 1.165) is 16.8 Å². The summed E-state index contributed by atoms with van der Waals surface area (Å²) < 4.78 is 16.3. The van der Waals surface area contributed by atoms with Crippen LogP contribution in [0, 0.1) is 0 Å². The van der Waals surface area contributed by atoms with E-state index in [9.17, 15) is 0 Å². The first kappa shape index (κ1) is 12.1. The van der Waals surface area contributed by atoms with Crippen molar-refractivity contribution < 1.29 is 14.2 Å². The highest BCUT2D eigenvalue weighted by Gasteiger charge is 2.23. The molecule has 5 heteroatoms. The zero-order valence-electron chi connectivity index (χ0n) is 10.6. The van der Waals surface area contributed by atoms with Gasteiger partial charge in [-0.2, -0.15) is 0 Å². The summed E-state index contributed by atoms with van der Waals surface area (Å²) >= 11 is 0. The Morgan fingerprint density at radius 1 is 1.21 bits per heavy atom. The van der Waals surface area contributed by atoms with Crippen LogP contribution in [-0.4, -0.2) is 30.3 Å². The SMILES string of the molecule is COc1nc(-c2cccnc2)ccc1C1OCCO1. The molecule has 3 rings (SSSR count). The van der Waals surface area contributed by atoms with Crippen molar-refractivity contribution >= 4 is 0 Å². The summed E-state index contributed by atoms with van der Waals surface area (Å²) in [5.74, 6) is 0.522. The number of hydrogen-bond acceptors (Lipinski definition) is 5. The van der Waals surface area contributed by atoms with Crippen LogP contribution in [0.3, 0.4) is 0 Å². The second-order valence-electron chi connectivity index (χ2n) is 4.11. The van der Waals surface area contributed by atoms with Gasteiger partial charge < -0.3 is 14.2 Å². The summed E-state index contributed by atoms with van der Waals surface area (Å²) in [6, 6.07) is 7.67. The number of methoxy groups -OCH3 is 1. The van der Waals surface area contributed by atoms with Crippen LogP contribution in [0.15, 0.2) is 36.7 Å². The molecular weight excluding hydrogens is 244 g/mol. The van der Waals surface area contributed by atoms with E-state index >= 15 is 0 Å². The van der Waals surface area contributed by atoms with Crippen molar-refractivity contribution in [2.24, 2.45) is 0 Å². The molecule has 0 aliphatic carbocycles. The summed E-state index contributed by atoms with van der Waals surface area (Å²) in [5.41, 5.74) is 2.57. The van der Waals surface area contributed by atoms with Gasteiger partial charge in [0.05, 0.1) is 31.6 Å². The number of aromatic nitrogens is 2. The fourth-order valence-electron chi connectivity index (χ4n) is 2.01. The van der Waals surface area contributed by atoms with Crippen LogP contribution in [0.5, 0.6) is 5.88 Å². The first-order valence-electron chi connectivity index (χ1n) is 6.07. The van der Waals surface area contributed by atoms with Gasteiger partial charge in [-0.15, -0.1) is 0 Å². The van der Waals surface area contributed by atoms with Crippen LogP contribution in [0.25, 0.3) is 11.3 Å². The maximum absolute atomic E-state index is 5.47. The maximum atomic E-state index is 5.47. The van der Waals surface area contributed by atoms with Gasteiger partial charge in [-0.05, 0) is 24.3 Å². The molecule has 5 nitrogen and oxygen atoms in total. The minimum atomic E-state index is -0.384. The van der Waals surface area contributed by atoms with Crippen molar-refractivity contribution in [3.05, 3.63) is 42.2 Å². The average molecular weight is 258 g/mol. The molecule has 1 fully saturated rings. The van der Waals surface area contributed by atoms with Gasteiger partial charge in [0.2, 0.25) is 5.88 Å². The predicted octanol–water partition coefficient (Wildman–Crippen LogP) is 2.20. The van der Waals surface area contributed by atoms with E-state index in [1.165, 1.54) is 0 Å². The quantitative estimate of drug-likeness (QED) is 0.844. The van der Waals surface area contributed by atoms with Gasteiger partial charge in [0.1, 0.15) is 0 Å². The molecule has 0 saturated carbocycles. The summed E-state index contributed by atoms with van der Waals surface area (Å²) in [6.45, 7) is 1.19. The lowest BCUT2D eigenvalue weighted by Crippen LogP contribution is -2.03. The zero-order valence-corrected chi connectivity index (χ0v) is 10.6. The number of hydrogen-bond donors (Lipinski definition) is 0. The van der Waals surface area contributed by atoms with E-state index in [1.54, 1.807) is 19.5 Å². The number of rotatable bonds is 3. The van der Waals surface area contributed by atoms with Crippen molar-refractivity contribution in [1.82, 2.24) is 9.97 Å². The fraction of sp³-hybridized carbons (Fsp3) is 0.286. The van der Waals surface area contributed by atoms with E-state index in [2.05, 4.69) is 9.97 Å². The Bertz CT molecular complexity index is 554. The number of pyridine rings is 2. The Kier molecular flexibility index (Phi) is 3.39. The van der Waals surface area contributed by atoms with Crippen LogP contribution < -0.4 is 4.74 Å². The van der Waals surface area contributed by atoms with Gasteiger partial charge in [0, 0.05) is 18.0 Å². The summed E-state index contributed by atoms with van der Waals surface area (Å²) in [7, 11) is 1.59. The molecule has 1 aliphatic rings. The summed E-state index contributed by atoms with van der Waals surface area (Å²) in [4.78, 5) is 8.57. The van der Waals surface area contributed by atoms with Gasteiger partial charge in [0.25, 0.3) is 0 Å². The first-order chi connectivity index (χ1) is 9.38. The standard InChI is InChI=1S/C14H14N2O3/c1-17-13-11(14-18-7-8-19-14)4-5-12(16-13)10-3-2-6-15-9-10/h2-6,9,14H,7-8H2,1H3. The monoisotopic (exact) mass is 258 g/mol. The first-order valence-corrected chi connectivity index (χ1v) is 6.07. The molecule has 2 aromatic rings. The van der Waals surface area contributed by atoms with E-state index < -0.39 is 0 Å². The van der Waals surface area contributed by atoms with Gasteiger partial charge in [0.15, 0.2) is 6.29 Å². The lowest BCUT2D eigenvalue weighted by molar-refractivity contribution is -0.0458. The molecule has 0 aromatic carbocycles. The molecule has 0 unspecified atom stereocenters. The van der Waals surface area contributed by atoms with Crippen LogP contribution in [0.2, 0.25) is 0 Å². The van der Waals surface area contributed by atoms with Crippen molar-refractivity contribution in [3.8, 4) is 17.1 Å². The Hall–Kier alpha value is -1.98. The minimum Gasteiger partial charge on any atom is -0.481 e. The Labute approximate surface area is 111 Å². The highest BCUT2D eigenvalue weighted by Crippen LogP contribution is 2.31. The molecular formula is C14H14N2O3. The van der Waals surface area contributed by atoms with E-state index in [0.29, 0.717) is 19.1 Å². The van der Waals surface area contributed by atoms with Gasteiger partial charge in [-0.3, -0.25) is 4.98 Å². The highest BCUT2D eigenvalue weighted by atomic mass is 16.7. The van der Waals surface area contributed by atoms with E-state index in [4.69, 9.17) is 14.2 Å². The topological polar surface area (TPSA) is 53.5 Å². The molecule has 0 N–H and O–H groups in total. The molecule has 0 bridgehead atoms. The predicted molar refractivity (Wildman–Crippen MR) is 68.7 cm³/mol. The zero-order chi connectivity index (χ0) is 13.1. The normalized spacial score (nSPS) is 15.6. The summed E-state index contributed by atoms with van der Waals surface area (Å²) in [5, 5.41) is 0. The Morgan fingerprint density at radius 3 is 2.74 bits per heavy atom. The third kappa shape index (κ3) is 2.43. The molecule has 0 radical (unpaired) electrons. The molecule has 0 spiro atoms. The van der Waals surface area contributed by atoms with E-state index in [-0.39, 0.29) is 6.29 Å². The second-order valence-corrected chi connectivity index (χ2v) is 4.11. The molecule has 98 valence electrons. The third-order valence-electron chi connectivity index (χ3n) is 2.92. The Balaban J connectivity index is 1.97. The molecule has 19 heavy (non-hydrogen) atoms. The van der Waals surface area contributed by atoms with Crippen LogP contribution >= 0.6 is 0 Å². The van der Waals surface area contributed by atoms with Crippen molar-refractivity contribution in [3.63, 3.8) is 0 Å². The third-order valence-corrected chi connectivity index (χ3v) is 2.92. The fourth-order valence-corrected chi connectivity index (χ4v) is 2.01. The van der Waals surface area contributed by atoms with Crippen molar-refractivity contribution in [2.75, 3.05) is 20.3 Å². The molecule has 2 aromatic heterocycles. The maximum Gasteiger partial charge on any atom is 0.222 e. The molecule has 1 aliphatic heterocycles. The lowest BCUT2D eigenvalue weighted by Gasteiger charge is -2.13. The van der Waals surface area contributed by atoms with Crippen molar-refractivity contribution in [2.45, 2.75) is 6.29 Å². The average Bonchev–Trinajstić information content (AvgIpc) is 3.01. The Morgan fingerprint density at radius 2 is 2.05 bits per heavy atom. The smallest absolute Gasteiger partial charge is 0.222 e. The highest BCUT2D eigenvalue weighted by molar-refractivity contribution is 5.59. The number of ether oxygens (including phenoxy) is 3. The van der Waals surface area contributed by atoms with Crippen LogP contribution in [-0.2, 0) is 9.47 Å². The van der Waals surface area contributed by atoms with Crippen LogP contribution in [0.4, 0.5) is 0 Å². The molecule has 3 heterocycles. The molecule has 0 atom stereocenters. The number of nitrogens with zero attached hydrogens (tertiary/aromatic N) is 2. The van der Waals surface area contributed by atoms with E-state index in [1.807, 2.05) is 24.3 Å². The molecule has 1 saturated heterocycles. The van der Waals surface area contributed by atoms with Gasteiger partial charge >= 0.3 is 0 Å². The van der Waals surface area contributed by atoms with Crippen molar-refractivity contribution in [1.29, 1.82) is 0 Å². The minimum absolute atomic E-state index is 0.384. The van der Waals surface area contributed by atoms with Gasteiger partial charge in [-0.25, -0.2) is 4.98 Å². The lowest BCUT2D eigenvalue weighted by atomic mass is 10.1. The van der Waals surface area contributed by atoms with Crippen LogP contribution in [0.1, 0.15) is 11.9 Å². The van der Waals surface area contributed by atoms with Gasteiger partial charge in [-0.1, -0.05) is 0 Å².